The molecule has 0 aliphatic rings. The molecule has 5 nitrogen and oxygen atoms in total. The molecule has 0 aromatic heterocycles. The van der Waals surface area contributed by atoms with Gasteiger partial charge in [-0.2, -0.15) is 0 Å². The summed E-state index contributed by atoms with van der Waals surface area (Å²) in [7, 11) is 3.51. The molecule has 23 heavy (non-hydrogen) atoms. The molecule has 1 aromatic rings. The van der Waals surface area contributed by atoms with Gasteiger partial charge in [-0.1, -0.05) is 18.2 Å². The first-order valence-electron chi connectivity index (χ1n) is 7.52. The van der Waals surface area contributed by atoms with Crippen molar-refractivity contribution in [2.45, 2.75) is 13.3 Å². The van der Waals surface area contributed by atoms with E-state index in [-0.39, 0.29) is 29.9 Å². The monoisotopic (exact) mass is 430 g/mol. The summed E-state index contributed by atoms with van der Waals surface area (Å²) in [5.74, 6) is 0.800. The van der Waals surface area contributed by atoms with E-state index in [1.807, 2.05) is 31.2 Å². The number of amides is 1. The van der Waals surface area contributed by atoms with E-state index in [1.165, 1.54) is 0 Å². The average Bonchev–Trinajstić information content (AvgIpc) is 2.52. The van der Waals surface area contributed by atoms with E-state index in [2.05, 4.69) is 22.2 Å². The molecule has 6 heteroatoms. The first-order valence-corrected chi connectivity index (χ1v) is 7.52. The molecule has 0 spiro atoms. The van der Waals surface area contributed by atoms with Crippen molar-refractivity contribution in [1.82, 2.24) is 15.5 Å². The minimum absolute atomic E-state index is 0. The molecular weight excluding hydrogens is 403 g/mol. The average molecular weight is 430 g/mol. The quantitative estimate of drug-likeness (QED) is 0.302. The van der Waals surface area contributed by atoms with Gasteiger partial charge in [-0.05, 0) is 31.0 Å². The van der Waals surface area contributed by atoms with Crippen molar-refractivity contribution >= 4 is 35.8 Å². The Morgan fingerprint density at radius 1 is 1.35 bits per heavy atom. The Hall–Kier alpha value is -1.57. The van der Waals surface area contributed by atoms with Crippen molar-refractivity contribution in [1.29, 1.82) is 0 Å². The van der Waals surface area contributed by atoms with Crippen LogP contribution in [0.4, 0.5) is 0 Å². The van der Waals surface area contributed by atoms with E-state index in [9.17, 15) is 4.79 Å². The Labute approximate surface area is 156 Å². The number of aliphatic imine (C=N–C) groups is 1. The largest absolute Gasteiger partial charge is 0.357 e. The molecule has 0 heterocycles. The predicted molar refractivity (Wildman–Crippen MR) is 108 cm³/mol. The summed E-state index contributed by atoms with van der Waals surface area (Å²) >= 11 is 0. The number of hydrogen-bond donors (Lipinski definition) is 2. The number of carbonyl (C=O) groups is 1. The summed E-state index contributed by atoms with van der Waals surface area (Å²) in [5, 5.41) is 6.34. The maximum Gasteiger partial charge on any atom is 0.253 e. The molecular formula is C17H27IN4O. The molecule has 1 amide bonds. The Balaban J connectivity index is 0.00000484. The van der Waals surface area contributed by atoms with Crippen LogP contribution in [-0.2, 0) is 6.42 Å². The summed E-state index contributed by atoms with van der Waals surface area (Å²) in [5.41, 5.74) is 1.82. The highest BCUT2D eigenvalue weighted by Gasteiger charge is 2.07. The standard InChI is InChI=1S/C17H26N4O.HI/c1-5-11-19-17(18-6-2)20-12-10-14-8-7-9-15(13-14)16(22)21(3)4;/h5,7-9,13H,1,6,10-12H2,2-4H3,(H2,18,19,20);1H. The van der Waals surface area contributed by atoms with Crippen molar-refractivity contribution in [3.63, 3.8) is 0 Å². The number of nitrogens with zero attached hydrogens (tertiary/aromatic N) is 2. The lowest BCUT2D eigenvalue weighted by molar-refractivity contribution is 0.0827. The Kier molecular flexibility index (Phi) is 11.1. The molecule has 1 aromatic carbocycles. The lowest BCUT2D eigenvalue weighted by Gasteiger charge is -2.11. The number of carbonyl (C=O) groups excluding carboxylic acids is 1. The highest BCUT2D eigenvalue weighted by atomic mass is 127. The van der Waals surface area contributed by atoms with Gasteiger partial charge in [0.05, 0.1) is 0 Å². The molecule has 0 radical (unpaired) electrons. The van der Waals surface area contributed by atoms with Crippen LogP contribution in [0.2, 0.25) is 0 Å². The molecule has 0 aliphatic heterocycles. The normalized spacial score (nSPS) is 10.5. The van der Waals surface area contributed by atoms with E-state index in [0.29, 0.717) is 18.7 Å². The summed E-state index contributed by atoms with van der Waals surface area (Å²) in [6.07, 6.45) is 2.59. The third kappa shape index (κ3) is 8.01. The second-order valence-corrected chi connectivity index (χ2v) is 5.08. The molecule has 0 bridgehead atoms. The number of nitrogens with one attached hydrogen (secondary N) is 2. The molecule has 1 rings (SSSR count). The zero-order chi connectivity index (χ0) is 16.4. The SMILES string of the molecule is C=CCNC(=NCCc1cccc(C(=O)N(C)C)c1)NCC.I. The summed E-state index contributed by atoms with van der Waals surface area (Å²) in [6.45, 7) is 7.86. The van der Waals surface area contributed by atoms with Crippen molar-refractivity contribution in [2.24, 2.45) is 4.99 Å². The maximum absolute atomic E-state index is 12.0. The number of halogens is 1. The zero-order valence-electron chi connectivity index (χ0n) is 14.1. The van der Waals surface area contributed by atoms with Crippen molar-refractivity contribution in [3.05, 3.63) is 48.0 Å². The van der Waals surface area contributed by atoms with Crippen LogP contribution in [0.3, 0.4) is 0 Å². The molecule has 0 fully saturated rings. The highest BCUT2D eigenvalue weighted by Crippen LogP contribution is 2.08. The van der Waals surface area contributed by atoms with Gasteiger partial charge in [0.1, 0.15) is 0 Å². The van der Waals surface area contributed by atoms with Gasteiger partial charge in [-0.3, -0.25) is 9.79 Å². The van der Waals surface area contributed by atoms with Crippen LogP contribution in [0.25, 0.3) is 0 Å². The van der Waals surface area contributed by atoms with Crippen LogP contribution >= 0.6 is 24.0 Å². The van der Waals surface area contributed by atoms with Crippen molar-refractivity contribution < 1.29 is 4.79 Å². The first-order chi connectivity index (χ1) is 10.6. The molecule has 2 N–H and O–H groups in total. The van der Waals surface area contributed by atoms with Gasteiger partial charge >= 0.3 is 0 Å². The third-order valence-electron chi connectivity index (χ3n) is 3.01. The van der Waals surface area contributed by atoms with E-state index in [4.69, 9.17) is 0 Å². The highest BCUT2D eigenvalue weighted by molar-refractivity contribution is 14.0. The van der Waals surface area contributed by atoms with E-state index in [1.54, 1.807) is 25.1 Å². The lowest BCUT2D eigenvalue weighted by Crippen LogP contribution is -2.37. The minimum atomic E-state index is 0. The number of guanidine groups is 1. The summed E-state index contributed by atoms with van der Waals surface area (Å²) in [6, 6.07) is 7.70. The molecule has 0 atom stereocenters. The van der Waals surface area contributed by atoms with Crippen LogP contribution in [-0.4, -0.2) is 50.5 Å². The fourth-order valence-electron chi connectivity index (χ4n) is 1.93. The molecule has 0 saturated heterocycles. The predicted octanol–water partition coefficient (Wildman–Crippen LogP) is 2.29. The van der Waals surface area contributed by atoms with E-state index in [0.717, 1.165) is 24.5 Å². The fourth-order valence-corrected chi connectivity index (χ4v) is 1.93. The number of rotatable bonds is 7. The third-order valence-corrected chi connectivity index (χ3v) is 3.01. The van der Waals surface area contributed by atoms with Crippen LogP contribution in [0, 0.1) is 0 Å². The Morgan fingerprint density at radius 3 is 2.70 bits per heavy atom. The second-order valence-electron chi connectivity index (χ2n) is 5.08. The Bertz CT molecular complexity index is 529. The van der Waals surface area contributed by atoms with Gasteiger partial charge in [0.2, 0.25) is 0 Å². The van der Waals surface area contributed by atoms with Gasteiger partial charge in [0, 0.05) is 39.3 Å². The van der Waals surface area contributed by atoms with Gasteiger partial charge in [-0.25, -0.2) is 0 Å². The van der Waals surface area contributed by atoms with Crippen LogP contribution in [0.5, 0.6) is 0 Å². The molecule has 0 unspecified atom stereocenters. The lowest BCUT2D eigenvalue weighted by atomic mass is 10.1. The molecule has 128 valence electrons. The fraction of sp³-hybridized carbons (Fsp3) is 0.412. The van der Waals surface area contributed by atoms with E-state index >= 15 is 0 Å². The van der Waals surface area contributed by atoms with Crippen LogP contribution < -0.4 is 10.6 Å². The topological polar surface area (TPSA) is 56.7 Å². The smallest absolute Gasteiger partial charge is 0.253 e. The van der Waals surface area contributed by atoms with Crippen LogP contribution in [0.15, 0.2) is 41.9 Å². The van der Waals surface area contributed by atoms with Crippen molar-refractivity contribution in [3.8, 4) is 0 Å². The first kappa shape index (κ1) is 21.4. The van der Waals surface area contributed by atoms with Crippen molar-refractivity contribution in [2.75, 3.05) is 33.7 Å². The minimum Gasteiger partial charge on any atom is -0.357 e. The summed E-state index contributed by atoms with van der Waals surface area (Å²) < 4.78 is 0. The van der Waals surface area contributed by atoms with Gasteiger partial charge in [0.15, 0.2) is 5.96 Å². The molecule has 0 aliphatic carbocycles. The summed E-state index contributed by atoms with van der Waals surface area (Å²) in [4.78, 5) is 18.0. The Morgan fingerprint density at radius 2 is 2.09 bits per heavy atom. The zero-order valence-corrected chi connectivity index (χ0v) is 16.5. The number of benzene rings is 1. The van der Waals surface area contributed by atoms with Gasteiger partial charge < -0.3 is 15.5 Å². The van der Waals surface area contributed by atoms with E-state index < -0.39 is 0 Å². The second kappa shape index (κ2) is 11.9. The molecule has 0 saturated carbocycles. The number of hydrogen-bond acceptors (Lipinski definition) is 2. The maximum atomic E-state index is 12.0. The van der Waals surface area contributed by atoms with Gasteiger partial charge in [0.25, 0.3) is 5.91 Å². The van der Waals surface area contributed by atoms with Gasteiger partial charge in [-0.15, -0.1) is 30.6 Å². The van der Waals surface area contributed by atoms with Crippen LogP contribution in [0.1, 0.15) is 22.8 Å².